The fraction of sp³-hybridized carbons (Fsp3) is 0.360. The predicted molar refractivity (Wildman–Crippen MR) is 133 cm³/mol. The van der Waals surface area contributed by atoms with Crippen LogP contribution in [0.1, 0.15) is 18.3 Å². The Morgan fingerprint density at radius 2 is 1.85 bits per heavy atom. The number of rotatable bonds is 4. The van der Waals surface area contributed by atoms with Crippen molar-refractivity contribution in [2.45, 2.75) is 26.9 Å². The van der Waals surface area contributed by atoms with Gasteiger partial charge in [0.2, 0.25) is 5.95 Å². The van der Waals surface area contributed by atoms with Crippen molar-refractivity contribution in [2.24, 2.45) is 7.05 Å². The van der Waals surface area contributed by atoms with E-state index in [0.29, 0.717) is 29.4 Å². The van der Waals surface area contributed by atoms with E-state index in [-0.39, 0.29) is 12.1 Å². The molecule has 0 saturated carbocycles. The van der Waals surface area contributed by atoms with E-state index in [4.69, 9.17) is 4.98 Å². The van der Waals surface area contributed by atoms with Crippen LogP contribution in [0.3, 0.4) is 0 Å². The van der Waals surface area contributed by atoms with Gasteiger partial charge in [0, 0.05) is 44.3 Å². The van der Waals surface area contributed by atoms with Gasteiger partial charge in [0.1, 0.15) is 0 Å². The maximum atomic E-state index is 13.8. The summed E-state index contributed by atoms with van der Waals surface area (Å²) < 4.78 is 4.56. The molecule has 1 saturated heterocycles. The first-order chi connectivity index (χ1) is 16.5. The van der Waals surface area contributed by atoms with Crippen LogP contribution in [-0.2, 0) is 20.1 Å². The van der Waals surface area contributed by atoms with Crippen LogP contribution in [-0.4, -0.2) is 49.8 Å². The van der Waals surface area contributed by atoms with Gasteiger partial charge in [-0.1, -0.05) is 30.2 Å². The normalized spacial score (nSPS) is 13.9. The van der Waals surface area contributed by atoms with Crippen molar-refractivity contribution in [3.8, 4) is 11.8 Å². The van der Waals surface area contributed by atoms with Crippen molar-refractivity contribution in [3.05, 3.63) is 62.6 Å². The number of hydrogen-bond donors (Lipinski definition) is 1. The first kappa shape index (κ1) is 21.9. The number of aryl methyl sites for hydroxylation is 2. The standard InChI is InChI=1S/C25H27N7O2/c1-4-5-12-31-21-22(28-24(31)30-13-10-26-11-14-30)29(3)25(34)32(23(21)33)16-20-19-9-7-6-8-18(19)15-17(2)27-20/h6-9,15,26H,10-14,16H2,1-3H3. The molecule has 0 amide bonds. The van der Waals surface area contributed by atoms with E-state index in [1.807, 2.05) is 41.8 Å². The molecule has 9 nitrogen and oxygen atoms in total. The van der Waals surface area contributed by atoms with Crippen molar-refractivity contribution < 1.29 is 0 Å². The molecule has 5 rings (SSSR count). The first-order valence-electron chi connectivity index (χ1n) is 11.4. The number of pyridine rings is 1. The van der Waals surface area contributed by atoms with Crippen LogP contribution in [0.2, 0.25) is 0 Å². The number of benzene rings is 1. The Morgan fingerprint density at radius 3 is 2.62 bits per heavy atom. The molecule has 1 fully saturated rings. The fourth-order valence-corrected chi connectivity index (χ4v) is 4.60. The van der Waals surface area contributed by atoms with Gasteiger partial charge in [-0.05, 0) is 25.3 Å². The second-order valence-corrected chi connectivity index (χ2v) is 8.50. The summed E-state index contributed by atoms with van der Waals surface area (Å²) in [5.41, 5.74) is 1.50. The molecule has 1 N–H and O–H groups in total. The largest absolute Gasteiger partial charge is 0.340 e. The average molecular weight is 458 g/mol. The average Bonchev–Trinajstić information content (AvgIpc) is 3.24. The molecule has 4 heterocycles. The quantitative estimate of drug-likeness (QED) is 0.464. The van der Waals surface area contributed by atoms with Crippen LogP contribution in [0.15, 0.2) is 39.9 Å². The number of piperazine rings is 1. The van der Waals surface area contributed by atoms with Crippen LogP contribution in [0.5, 0.6) is 0 Å². The van der Waals surface area contributed by atoms with Crippen LogP contribution in [0.25, 0.3) is 21.9 Å². The van der Waals surface area contributed by atoms with E-state index in [1.54, 1.807) is 14.0 Å². The lowest BCUT2D eigenvalue weighted by Gasteiger charge is -2.28. The summed E-state index contributed by atoms with van der Waals surface area (Å²) in [5.74, 6) is 6.65. The summed E-state index contributed by atoms with van der Waals surface area (Å²) in [6.45, 7) is 7.29. The van der Waals surface area contributed by atoms with Crippen molar-refractivity contribution in [2.75, 3.05) is 31.1 Å². The molecule has 9 heteroatoms. The zero-order valence-electron chi connectivity index (χ0n) is 19.6. The van der Waals surface area contributed by atoms with Gasteiger partial charge in [-0.3, -0.25) is 23.5 Å². The third kappa shape index (κ3) is 3.66. The topological polar surface area (TPSA) is 90.0 Å². The SMILES string of the molecule is CC#CCn1c(N2CCNCC2)nc2c1c(=O)n(Cc1nc(C)cc3ccccc13)c(=O)n2C. The fourth-order valence-electron chi connectivity index (χ4n) is 4.60. The van der Waals surface area contributed by atoms with Crippen molar-refractivity contribution in [3.63, 3.8) is 0 Å². The van der Waals surface area contributed by atoms with Gasteiger partial charge >= 0.3 is 5.69 Å². The van der Waals surface area contributed by atoms with Crippen molar-refractivity contribution in [1.82, 2.24) is 29.0 Å². The van der Waals surface area contributed by atoms with Crippen LogP contribution < -0.4 is 21.5 Å². The third-order valence-corrected chi connectivity index (χ3v) is 6.28. The number of hydrogen-bond acceptors (Lipinski definition) is 6. The number of anilines is 1. The van der Waals surface area contributed by atoms with Gasteiger partial charge < -0.3 is 10.2 Å². The van der Waals surface area contributed by atoms with E-state index >= 15 is 0 Å². The van der Waals surface area contributed by atoms with Crippen molar-refractivity contribution >= 4 is 27.9 Å². The summed E-state index contributed by atoms with van der Waals surface area (Å²) in [6.07, 6.45) is 0. The van der Waals surface area contributed by atoms with E-state index in [2.05, 4.69) is 27.0 Å². The Labute approximate surface area is 196 Å². The van der Waals surface area contributed by atoms with Crippen molar-refractivity contribution in [1.29, 1.82) is 0 Å². The van der Waals surface area contributed by atoms with Gasteiger partial charge in [0.25, 0.3) is 5.56 Å². The second-order valence-electron chi connectivity index (χ2n) is 8.50. The Morgan fingerprint density at radius 1 is 1.09 bits per heavy atom. The molecule has 0 aliphatic carbocycles. The lowest BCUT2D eigenvalue weighted by atomic mass is 10.1. The van der Waals surface area contributed by atoms with Gasteiger partial charge in [0.15, 0.2) is 11.2 Å². The minimum absolute atomic E-state index is 0.0806. The highest BCUT2D eigenvalue weighted by Gasteiger charge is 2.24. The van der Waals surface area contributed by atoms with E-state index in [9.17, 15) is 9.59 Å². The van der Waals surface area contributed by atoms with Gasteiger partial charge in [-0.2, -0.15) is 4.98 Å². The second kappa shape index (κ2) is 8.80. The summed E-state index contributed by atoms with van der Waals surface area (Å²) in [7, 11) is 1.66. The summed E-state index contributed by atoms with van der Waals surface area (Å²) >= 11 is 0. The zero-order chi connectivity index (χ0) is 23.8. The number of nitrogens with zero attached hydrogens (tertiary/aromatic N) is 6. The molecular formula is C25H27N7O2. The molecule has 34 heavy (non-hydrogen) atoms. The molecule has 1 aliphatic rings. The summed E-state index contributed by atoms with van der Waals surface area (Å²) in [5, 5.41) is 5.29. The monoisotopic (exact) mass is 457 g/mol. The molecule has 0 unspecified atom stereocenters. The number of fused-ring (bicyclic) bond motifs is 2. The maximum Gasteiger partial charge on any atom is 0.332 e. The molecule has 0 bridgehead atoms. The molecule has 1 aromatic carbocycles. The Hall–Kier alpha value is -3.90. The Bertz CT molecular complexity index is 1580. The van der Waals surface area contributed by atoms with E-state index in [0.717, 1.165) is 42.6 Å². The minimum Gasteiger partial charge on any atom is -0.340 e. The molecule has 1 aliphatic heterocycles. The number of nitrogens with one attached hydrogen (secondary N) is 1. The van der Waals surface area contributed by atoms with Gasteiger partial charge in [-0.25, -0.2) is 4.79 Å². The van der Waals surface area contributed by atoms with E-state index in [1.165, 1.54) is 9.13 Å². The van der Waals surface area contributed by atoms with E-state index < -0.39 is 5.69 Å². The molecule has 0 atom stereocenters. The first-order valence-corrected chi connectivity index (χ1v) is 11.4. The van der Waals surface area contributed by atoms with Gasteiger partial charge in [-0.15, -0.1) is 5.92 Å². The Balaban J connectivity index is 1.73. The molecule has 0 spiro atoms. The number of aromatic nitrogens is 5. The van der Waals surface area contributed by atoms with Crippen LogP contribution >= 0.6 is 0 Å². The lowest BCUT2D eigenvalue weighted by Crippen LogP contribution is -2.44. The summed E-state index contributed by atoms with van der Waals surface area (Å²) in [4.78, 5) is 38.7. The van der Waals surface area contributed by atoms with Gasteiger partial charge in [0.05, 0.1) is 18.8 Å². The Kier molecular flexibility index (Phi) is 5.67. The highest BCUT2D eigenvalue weighted by molar-refractivity contribution is 5.85. The molecular weight excluding hydrogens is 430 g/mol. The maximum absolute atomic E-state index is 13.8. The number of imidazole rings is 1. The zero-order valence-corrected chi connectivity index (χ0v) is 19.6. The molecule has 4 aromatic rings. The van der Waals surface area contributed by atoms with Crippen LogP contribution in [0, 0.1) is 18.8 Å². The third-order valence-electron chi connectivity index (χ3n) is 6.28. The highest BCUT2D eigenvalue weighted by atomic mass is 16.2. The molecule has 0 radical (unpaired) electrons. The smallest absolute Gasteiger partial charge is 0.332 e. The lowest BCUT2D eigenvalue weighted by molar-refractivity contribution is 0.572. The van der Waals surface area contributed by atoms with Crippen LogP contribution in [0.4, 0.5) is 5.95 Å². The minimum atomic E-state index is -0.414. The predicted octanol–water partition coefficient (Wildman–Crippen LogP) is 1.23. The molecule has 3 aromatic heterocycles. The summed E-state index contributed by atoms with van der Waals surface area (Å²) in [6, 6.07) is 9.88. The molecule has 174 valence electrons. The highest BCUT2D eigenvalue weighted by Crippen LogP contribution is 2.21.